The highest BCUT2D eigenvalue weighted by Crippen LogP contribution is 2.39. The van der Waals surface area contributed by atoms with E-state index in [1.807, 2.05) is 6.07 Å². The zero-order chi connectivity index (χ0) is 20.1. The van der Waals surface area contributed by atoms with Crippen LogP contribution in [0, 0.1) is 0 Å². The number of hydrogen-bond acceptors (Lipinski definition) is 3. The highest BCUT2D eigenvalue weighted by Gasteiger charge is 2.15. The van der Waals surface area contributed by atoms with Gasteiger partial charge in [-0.25, -0.2) is 9.97 Å². The van der Waals surface area contributed by atoms with Crippen LogP contribution in [0.15, 0.2) is 91.0 Å². The molecule has 6 rings (SSSR count). The van der Waals surface area contributed by atoms with Crippen LogP contribution in [-0.2, 0) is 0 Å². The summed E-state index contributed by atoms with van der Waals surface area (Å²) in [6, 6.07) is 31.8. The lowest BCUT2D eigenvalue weighted by atomic mass is 9.96. The van der Waals surface area contributed by atoms with Crippen LogP contribution in [0.3, 0.4) is 0 Å². The summed E-state index contributed by atoms with van der Waals surface area (Å²) in [5.74, 6) is 0. The van der Waals surface area contributed by atoms with Crippen molar-refractivity contribution in [2.24, 2.45) is 0 Å². The number of rotatable bonds is 2. The van der Waals surface area contributed by atoms with E-state index < -0.39 is 0 Å². The van der Waals surface area contributed by atoms with Crippen molar-refractivity contribution < 1.29 is 0 Å². The minimum absolute atomic E-state index is 0.277. The summed E-state index contributed by atoms with van der Waals surface area (Å²) >= 11 is 7.97. The summed E-state index contributed by atoms with van der Waals surface area (Å²) in [5, 5.41) is 4.98. The summed E-state index contributed by atoms with van der Waals surface area (Å²) in [6.07, 6.45) is 0. The first-order valence-corrected chi connectivity index (χ1v) is 10.9. The smallest absolute Gasteiger partial charge is 0.217 e. The average molecular weight is 423 g/mol. The van der Waals surface area contributed by atoms with Crippen molar-refractivity contribution >= 4 is 54.0 Å². The molecule has 0 fully saturated rings. The first-order valence-electron chi connectivity index (χ1n) is 9.71. The number of thiophene rings is 1. The summed E-state index contributed by atoms with van der Waals surface area (Å²) in [7, 11) is 0. The Bertz CT molecular complexity index is 1560. The summed E-state index contributed by atoms with van der Waals surface area (Å²) in [5.41, 5.74) is 4.29. The molecule has 0 atom stereocenters. The molecule has 2 nitrogen and oxygen atoms in total. The normalized spacial score (nSPS) is 11.5. The van der Waals surface area contributed by atoms with E-state index in [4.69, 9.17) is 11.6 Å². The van der Waals surface area contributed by atoms with Crippen LogP contribution in [-0.4, -0.2) is 9.97 Å². The number of aromatic nitrogens is 2. The summed E-state index contributed by atoms with van der Waals surface area (Å²) < 4.78 is 1.19. The summed E-state index contributed by atoms with van der Waals surface area (Å²) in [4.78, 5) is 10.1. The predicted octanol–water partition coefficient (Wildman–Crippen LogP) is 7.99. The minimum atomic E-state index is 0.277. The van der Waals surface area contributed by atoms with E-state index in [2.05, 4.69) is 94.9 Å². The Labute approximate surface area is 182 Å². The molecule has 0 N–H and O–H groups in total. The van der Waals surface area contributed by atoms with Crippen molar-refractivity contribution in [2.75, 3.05) is 0 Å². The molecule has 0 aliphatic carbocycles. The molecular weight excluding hydrogens is 408 g/mol. The first-order chi connectivity index (χ1) is 14.8. The van der Waals surface area contributed by atoms with Gasteiger partial charge in [-0.3, -0.25) is 0 Å². The Morgan fingerprint density at radius 2 is 1.40 bits per heavy atom. The third-order valence-electron chi connectivity index (χ3n) is 5.45. The number of halogens is 1. The minimum Gasteiger partial charge on any atom is -0.217 e. The van der Waals surface area contributed by atoms with E-state index in [-0.39, 0.29) is 5.28 Å². The maximum atomic E-state index is 6.32. The second-order valence-corrected chi connectivity index (χ2v) is 8.60. The average Bonchev–Trinajstić information content (AvgIpc) is 3.16. The van der Waals surface area contributed by atoms with Gasteiger partial charge in [0.15, 0.2) is 0 Å². The maximum absolute atomic E-state index is 6.32. The van der Waals surface area contributed by atoms with E-state index in [0.717, 1.165) is 27.0 Å². The van der Waals surface area contributed by atoms with Gasteiger partial charge >= 0.3 is 0 Å². The monoisotopic (exact) mass is 422 g/mol. The largest absolute Gasteiger partial charge is 0.224 e. The Morgan fingerprint density at radius 1 is 0.667 bits per heavy atom. The highest BCUT2D eigenvalue weighted by molar-refractivity contribution is 7.25. The van der Waals surface area contributed by atoms with E-state index >= 15 is 0 Å². The van der Waals surface area contributed by atoms with Crippen LogP contribution >= 0.6 is 22.9 Å². The second kappa shape index (κ2) is 6.91. The predicted molar refractivity (Wildman–Crippen MR) is 128 cm³/mol. The first kappa shape index (κ1) is 17.6. The van der Waals surface area contributed by atoms with Crippen LogP contribution in [0.2, 0.25) is 5.28 Å². The lowest BCUT2D eigenvalue weighted by Crippen LogP contribution is -1.90. The van der Waals surface area contributed by atoms with Crippen molar-refractivity contribution in [1.82, 2.24) is 9.97 Å². The van der Waals surface area contributed by atoms with Gasteiger partial charge in [-0.2, -0.15) is 0 Å². The van der Waals surface area contributed by atoms with Gasteiger partial charge in [-0.1, -0.05) is 78.9 Å². The van der Waals surface area contributed by atoms with Gasteiger partial charge in [0.2, 0.25) is 5.28 Å². The van der Waals surface area contributed by atoms with Gasteiger partial charge in [0, 0.05) is 21.0 Å². The van der Waals surface area contributed by atoms with Crippen LogP contribution in [0.5, 0.6) is 0 Å². The Morgan fingerprint density at radius 3 is 2.33 bits per heavy atom. The lowest BCUT2D eigenvalue weighted by molar-refractivity contribution is 1.24. The molecule has 142 valence electrons. The van der Waals surface area contributed by atoms with Crippen LogP contribution in [0.4, 0.5) is 0 Å². The van der Waals surface area contributed by atoms with Gasteiger partial charge in [-0.05, 0) is 45.6 Å². The summed E-state index contributed by atoms with van der Waals surface area (Å²) in [6.45, 7) is 0. The number of benzene rings is 4. The standard InChI is InChI=1S/C26H15ClN2S/c27-26-28-24(23-21-12-3-4-14-22(21)30-25(23)29-26)18-10-5-9-17(15-18)20-13-6-8-16-7-1-2-11-19(16)20/h1-15H. The third kappa shape index (κ3) is 2.78. The Hall–Kier alpha value is -3.27. The van der Waals surface area contributed by atoms with Crippen molar-refractivity contribution in [2.45, 2.75) is 0 Å². The maximum Gasteiger partial charge on any atom is 0.224 e. The van der Waals surface area contributed by atoms with E-state index in [0.29, 0.717) is 0 Å². The van der Waals surface area contributed by atoms with E-state index in [1.165, 1.54) is 26.4 Å². The molecule has 0 saturated heterocycles. The number of fused-ring (bicyclic) bond motifs is 4. The molecule has 30 heavy (non-hydrogen) atoms. The van der Waals surface area contributed by atoms with Gasteiger partial charge in [-0.15, -0.1) is 11.3 Å². The quantitative estimate of drug-likeness (QED) is 0.264. The van der Waals surface area contributed by atoms with Gasteiger partial charge in [0.1, 0.15) is 4.83 Å². The van der Waals surface area contributed by atoms with Crippen LogP contribution < -0.4 is 0 Å². The molecule has 0 bridgehead atoms. The molecule has 6 aromatic rings. The van der Waals surface area contributed by atoms with Crippen LogP contribution in [0.1, 0.15) is 0 Å². The fourth-order valence-electron chi connectivity index (χ4n) is 4.12. The second-order valence-electron chi connectivity index (χ2n) is 7.23. The van der Waals surface area contributed by atoms with Crippen molar-refractivity contribution in [3.8, 4) is 22.4 Å². The topological polar surface area (TPSA) is 25.8 Å². The molecule has 0 radical (unpaired) electrons. The molecule has 0 amide bonds. The van der Waals surface area contributed by atoms with Crippen molar-refractivity contribution in [3.05, 3.63) is 96.3 Å². The fourth-order valence-corrected chi connectivity index (χ4v) is 5.41. The SMILES string of the molecule is Clc1nc(-c2cccc(-c3cccc4ccccc34)c2)c2c(n1)sc1ccccc12. The molecular formula is C26H15ClN2S. The van der Waals surface area contributed by atoms with E-state index in [9.17, 15) is 0 Å². The highest BCUT2D eigenvalue weighted by atomic mass is 35.5. The van der Waals surface area contributed by atoms with Gasteiger partial charge < -0.3 is 0 Å². The van der Waals surface area contributed by atoms with Gasteiger partial charge in [0.05, 0.1) is 5.69 Å². The third-order valence-corrected chi connectivity index (χ3v) is 6.68. The van der Waals surface area contributed by atoms with Crippen LogP contribution in [0.25, 0.3) is 53.5 Å². The zero-order valence-electron chi connectivity index (χ0n) is 15.8. The molecule has 0 aliphatic rings. The fraction of sp³-hybridized carbons (Fsp3) is 0. The molecule has 4 aromatic carbocycles. The molecule has 2 heterocycles. The molecule has 0 spiro atoms. The Balaban J connectivity index is 1.62. The van der Waals surface area contributed by atoms with Gasteiger partial charge in [0.25, 0.3) is 0 Å². The Kier molecular flexibility index (Phi) is 4.05. The number of hydrogen-bond donors (Lipinski definition) is 0. The molecule has 0 aliphatic heterocycles. The van der Waals surface area contributed by atoms with Crippen molar-refractivity contribution in [3.63, 3.8) is 0 Å². The zero-order valence-corrected chi connectivity index (χ0v) is 17.4. The molecule has 0 unspecified atom stereocenters. The molecule has 4 heteroatoms. The number of nitrogens with zero attached hydrogens (tertiary/aromatic N) is 2. The lowest BCUT2D eigenvalue weighted by Gasteiger charge is -2.10. The molecule has 0 saturated carbocycles. The van der Waals surface area contributed by atoms with E-state index in [1.54, 1.807) is 11.3 Å². The van der Waals surface area contributed by atoms with Crippen molar-refractivity contribution in [1.29, 1.82) is 0 Å². The molecule has 2 aromatic heterocycles.